The second-order valence-corrected chi connectivity index (χ2v) is 3.86. The summed E-state index contributed by atoms with van der Waals surface area (Å²) in [5.41, 5.74) is 1.47. The van der Waals surface area contributed by atoms with Crippen LogP contribution < -0.4 is 4.74 Å². The predicted molar refractivity (Wildman–Crippen MR) is 60.8 cm³/mol. The highest BCUT2D eigenvalue weighted by atomic mass is 35.5. The molecule has 1 aromatic carbocycles. The number of fused-ring (bicyclic) bond motifs is 1. The molecule has 0 aliphatic carbocycles. The van der Waals surface area contributed by atoms with Crippen molar-refractivity contribution in [3.8, 4) is 5.88 Å². The third kappa shape index (κ3) is 1.62. The number of methoxy groups -OCH3 is 1. The van der Waals surface area contributed by atoms with E-state index in [2.05, 4.69) is 9.97 Å². The van der Waals surface area contributed by atoms with Crippen molar-refractivity contribution in [3.05, 3.63) is 28.0 Å². The summed E-state index contributed by atoms with van der Waals surface area (Å²) in [5, 5.41) is 1.85. The first-order valence-electron chi connectivity index (χ1n) is 4.28. The molecular weight excluding hydrogens is 235 g/mol. The van der Waals surface area contributed by atoms with Crippen LogP contribution in [0.2, 0.25) is 10.0 Å². The zero-order valence-corrected chi connectivity index (χ0v) is 9.73. The molecule has 0 saturated heterocycles. The fraction of sp³-hybridized carbons (Fsp3) is 0.200. The Balaban J connectivity index is 2.91. The number of nitrogens with zero attached hydrogens (tertiary/aromatic N) is 2. The lowest BCUT2D eigenvalue weighted by Gasteiger charge is -2.07. The number of aromatic nitrogens is 2. The zero-order chi connectivity index (χ0) is 11.0. The molecule has 0 saturated carbocycles. The average molecular weight is 243 g/mol. The Morgan fingerprint density at radius 2 is 2.00 bits per heavy atom. The van der Waals surface area contributed by atoms with Crippen LogP contribution in [0.15, 0.2) is 12.4 Å². The summed E-state index contributed by atoms with van der Waals surface area (Å²) in [6, 6.07) is 1.76. The van der Waals surface area contributed by atoms with Crippen LogP contribution in [0, 0.1) is 6.92 Å². The molecule has 0 bridgehead atoms. The van der Waals surface area contributed by atoms with Crippen molar-refractivity contribution >= 4 is 34.1 Å². The van der Waals surface area contributed by atoms with E-state index in [1.165, 1.54) is 6.33 Å². The molecule has 0 amide bonds. The van der Waals surface area contributed by atoms with Crippen LogP contribution >= 0.6 is 23.2 Å². The van der Waals surface area contributed by atoms with Crippen LogP contribution in [0.5, 0.6) is 5.88 Å². The van der Waals surface area contributed by atoms with Gasteiger partial charge < -0.3 is 4.74 Å². The van der Waals surface area contributed by atoms with Gasteiger partial charge in [-0.25, -0.2) is 9.97 Å². The first kappa shape index (κ1) is 10.5. The van der Waals surface area contributed by atoms with Crippen molar-refractivity contribution in [1.29, 1.82) is 0 Å². The van der Waals surface area contributed by atoms with Gasteiger partial charge in [0.25, 0.3) is 0 Å². The highest BCUT2D eigenvalue weighted by Gasteiger charge is 2.12. The summed E-state index contributed by atoms with van der Waals surface area (Å²) >= 11 is 12.2. The summed E-state index contributed by atoms with van der Waals surface area (Å²) < 4.78 is 5.11. The maximum Gasteiger partial charge on any atom is 0.224 e. The van der Waals surface area contributed by atoms with Gasteiger partial charge in [-0.2, -0.15) is 0 Å². The first-order chi connectivity index (χ1) is 7.15. The molecule has 2 rings (SSSR count). The van der Waals surface area contributed by atoms with Gasteiger partial charge in [0.2, 0.25) is 5.88 Å². The number of benzene rings is 1. The quantitative estimate of drug-likeness (QED) is 0.771. The molecule has 0 aliphatic rings. The molecule has 0 radical (unpaired) electrons. The number of hydrogen-bond acceptors (Lipinski definition) is 3. The molecule has 0 fully saturated rings. The van der Waals surface area contributed by atoms with Gasteiger partial charge in [-0.15, -0.1) is 0 Å². The Labute approximate surface area is 97.0 Å². The summed E-state index contributed by atoms with van der Waals surface area (Å²) in [7, 11) is 1.55. The molecule has 2 aromatic rings. The molecule has 15 heavy (non-hydrogen) atoms. The van der Waals surface area contributed by atoms with Crippen molar-refractivity contribution in [2.45, 2.75) is 6.92 Å². The predicted octanol–water partition coefficient (Wildman–Crippen LogP) is 3.25. The van der Waals surface area contributed by atoms with Crippen LogP contribution in [-0.2, 0) is 0 Å². The second kappa shape index (κ2) is 3.83. The number of hydrogen-bond donors (Lipinski definition) is 0. The van der Waals surface area contributed by atoms with E-state index in [0.717, 1.165) is 10.9 Å². The minimum absolute atomic E-state index is 0.476. The van der Waals surface area contributed by atoms with Gasteiger partial charge >= 0.3 is 0 Å². The first-order valence-corrected chi connectivity index (χ1v) is 5.04. The maximum atomic E-state index is 6.13. The van der Waals surface area contributed by atoms with Gasteiger partial charge in [0, 0.05) is 5.02 Å². The number of halogens is 2. The van der Waals surface area contributed by atoms with E-state index in [-0.39, 0.29) is 0 Å². The summed E-state index contributed by atoms with van der Waals surface area (Å²) in [6.07, 6.45) is 1.42. The molecule has 1 heterocycles. The fourth-order valence-corrected chi connectivity index (χ4v) is 1.87. The molecule has 1 aromatic heterocycles. The second-order valence-electron chi connectivity index (χ2n) is 3.08. The molecule has 0 unspecified atom stereocenters. The van der Waals surface area contributed by atoms with Gasteiger partial charge in [0.1, 0.15) is 6.33 Å². The highest BCUT2D eigenvalue weighted by molar-refractivity contribution is 6.39. The minimum atomic E-state index is 0.476. The summed E-state index contributed by atoms with van der Waals surface area (Å²) in [5.74, 6) is 0.476. The van der Waals surface area contributed by atoms with Gasteiger partial charge in [-0.3, -0.25) is 0 Å². The lowest BCUT2D eigenvalue weighted by molar-refractivity contribution is 0.402. The van der Waals surface area contributed by atoms with E-state index in [1.807, 2.05) is 6.92 Å². The molecule has 3 nitrogen and oxygen atoms in total. The van der Waals surface area contributed by atoms with Crippen molar-refractivity contribution in [2.75, 3.05) is 7.11 Å². The molecule has 0 atom stereocenters. The molecular formula is C10H8Cl2N2O. The standard InChI is InChI=1S/C10H8Cl2N2O/c1-5-7(11)3-6-9(8(5)12)13-4-14-10(6)15-2/h3-4H,1-2H3. The summed E-state index contributed by atoms with van der Waals surface area (Å²) in [6.45, 7) is 1.85. The van der Waals surface area contributed by atoms with Crippen LogP contribution in [0.4, 0.5) is 0 Å². The maximum absolute atomic E-state index is 6.13. The van der Waals surface area contributed by atoms with Crippen LogP contribution in [0.3, 0.4) is 0 Å². The SMILES string of the molecule is COc1ncnc2c(Cl)c(C)c(Cl)cc12. The molecule has 5 heteroatoms. The van der Waals surface area contributed by atoms with Gasteiger partial charge in [-0.1, -0.05) is 23.2 Å². The average Bonchev–Trinajstić information content (AvgIpc) is 2.25. The Morgan fingerprint density at radius 1 is 1.27 bits per heavy atom. The van der Waals surface area contributed by atoms with Gasteiger partial charge in [0.15, 0.2) is 0 Å². The zero-order valence-electron chi connectivity index (χ0n) is 8.21. The highest BCUT2D eigenvalue weighted by Crippen LogP contribution is 2.34. The van der Waals surface area contributed by atoms with Crippen molar-refractivity contribution in [3.63, 3.8) is 0 Å². The molecule has 0 aliphatic heterocycles. The Bertz CT molecular complexity index is 528. The smallest absolute Gasteiger partial charge is 0.224 e. The Morgan fingerprint density at radius 3 is 2.67 bits per heavy atom. The number of ether oxygens (including phenoxy) is 1. The monoisotopic (exact) mass is 242 g/mol. The Hall–Kier alpha value is -1.06. The normalized spacial score (nSPS) is 10.7. The van der Waals surface area contributed by atoms with E-state index < -0.39 is 0 Å². The van der Waals surface area contributed by atoms with Crippen LogP contribution in [-0.4, -0.2) is 17.1 Å². The molecule has 0 spiro atoms. The largest absolute Gasteiger partial charge is 0.480 e. The lowest BCUT2D eigenvalue weighted by atomic mass is 10.1. The lowest BCUT2D eigenvalue weighted by Crippen LogP contribution is -1.93. The minimum Gasteiger partial charge on any atom is -0.480 e. The third-order valence-electron chi connectivity index (χ3n) is 2.21. The topological polar surface area (TPSA) is 35.0 Å². The molecule has 0 N–H and O–H groups in total. The molecule has 78 valence electrons. The van der Waals surface area contributed by atoms with Crippen molar-refractivity contribution in [1.82, 2.24) is 9.97 Å². The number of rotatable bonds is 1. The van der Waals surface area contributed by atoms with E-state index in [1.54, 1.807) is 13.2 Å². The van der Waals surface area contributed by atoms with E-state index in [0.29, 0.717) is 21.4 Å². The fourth-order valence-electron chi connectivity index (χ4n) is 1.36. The van der Waals surface area contributed by atoms with Gasteiger partial charge in [-0.05, 0) is 18.6 Å². The van der Waals surface area contributed by atoms with E-state index in [9.17, 15) is 0 Å². The summed E-state index contributed by atoms with van der Waals surface area (Å²) in [4.78, 5) is 8.10. The van der Waals surface area contributed by atoms with Gasteiger partial charge in [0.05, 0.1) is 23.0 Å². The van der Waals surface area contributed by atoms with Crippen molar-refractivity contribution < 1.29 is 4.74 Å². The van der Waals surface area contributed by atoms with Crippen molar-refractivity contribution in [2.24, 2.45) is 0 Å². The van der Waals surface area contributed by atoms with Crippen LogP contribution in [0.1, 0.15) is 5.56 Å². The van der Waals surface area contributed by atoms with E-state index in [4.69, 9.17) is 27.9 Å². The van der Waals surface area contributed by atoms with E-state index >= 15 is 0 Å². The Kier molecular flexibility index (Phi) is 2.67. The third-order valence-corrected chi connectivity index (χ3v) is 3.06. The van der Waals surface area contributed by atoms with Crippen LogP contribution in [0.25, 0.3) is 10.9 Å².